The predicted molar refractivity (Wildman–Crippen MR) is 72.7 cm³/mol. The lowest BCUT2D eigenvalue weighted by atomic mass is 10.2. The Morgan fingerprint density at radius 3 is 2.83 bits per heavy atom. The van der Waals surface area contributed by atoms with Crippen LogP contribution in [0.2, 0.25) is 0 Å². The number of imidazole rings is 1. The minimum absolute atomic E-state index is 0.177. The molecule has 2 heterocycles. The standard InChI is InChI=1S/C12H17N3O2S/c1-4-8(7-16-2)15-11-9(13-12(15)18)5-6-10(14-11)17-3/h5-6,8H,4,7H2,1-3H3,(H,13,18). The normalized spacial score (nSPS) is 12.8. The van der Waals surface area contributed by atoms with Crippen molar-refractivity contribution in [1.82, 2.24) is 14.5 Å². The van der Waals surface area contributed by atoms with Gasteiger partial charge in [0.25, 0.3) is 0 Å². The van der Waals surface area contributed by atoms with Crippen LogP contribution in [0.1, 0.15) is 19.4 Å². The van der Waals surface area contributed by atoms with Gasteiger partial charge >= 0.3 is 0 Å². The van der Waals surface area contributed by atoms with Gasteiger partial charge in [0.2, 0.25) is 5.88 Å². The molecule has 0 bridgehead atoms. The molecule has 0 radical (unpaired) electrons. The molecule has 0 aromatic carbocycles. The smallest absolute Gasteiger partial charge is 0.215 e. The second kappa shape index (κ2) is 5.49. The average molecular weight is 267 g/mol. The van der Waals surface area contributed by atoms with Crippen molar-refractivity contribution in [3.63, 3.8) is 0 Å². The molecule has 0 saturated carbocycles. The number of hydrogen-bond acceptors (Lipinski definition) is 4. The van der Waals surface area contributed by atoms with Crippen molar-refractivity contribution in [1.29, 1.82) is 0 Å². The summed E-state index contributed by atoms with van der Waals surface area (Å²) in [6.45, 7) is 2.71. The lowest BCUT2D eigenvalue weighted by Crippen LogP contribution is -2.14. The van der Waals surface area contributed by atoms with Gasteiger partial charge in [-0.3, -0.25) is 4.57 Å². The third-order valence-corrected chi connectivity index (χ3v) is 3.24. The maximum absolute atomic E-state index is 5.36. The Hall–Kier alpha value is -1.40. The molecule has 0 spiro atoms. The van der Waals surface area contributed by atoms with Crippen molar-refractivity contribution in [2.45, 2.75) is 19.4 Å². The van der Waals surface area contributed by atoms with E-state index in [1.807, 2.05) is 16.7 Å². The summed E-state index contributed by atoms with van der Waals surface area (Å²) < 4.78 is 13.1. The van der Waals surface area contributed by atoms with Crippen molar-refractivity contribution in [2.24, 2.45) is 0 Å². The molecule has 1 unspecified atom stereocenters. The van der Waals surface area contributed by atoms with Gasteiger partial charge in [-0.25, -0.2) is 0 Å². The van der Waals surface area contributed by atoms with Crippen LogP contribution in [-0.2, 0) is 4.74 Å². The highest BCUT2D eigenvalue weighted by molar-refractivity contribution is 7.71. The Morgan fingerprint density at radius 2 is 2.22 bits per heavy atom. The summed E-state index contributed by atoms with van der Waals surface area (Å²) in [5.41, 5.74) is 1.72. The van der Waals surface area contributed by atoms with E-state index in [4.69, 9.17) is 21.7 Å². The number of nitrogens with one attached hydrogen (secondary N) is 1. The molecule has 0 aliphatic carbocycles. The maximum Gasteiger partial charge on any atom is 0.215 e. The molecule has 0 aliphatic rings. The first kappa shape index (κ1) is 13.0. The molecule has 5 nitrogen and oxygen atoms in total. The Labute approximate surface area is 111 Å². The lowest BCUT2D eigenvalue weighted by molar-refractivity contribution is 0.154. The summed E-state index contributed by atoms with van der Waals surface area (Å²) in [5.74, 6) is 0.581. The van der Waals surface area contributed by atoms with Crippen LogP contribution in [0.15, 0.2) is 12.1 Å². The van der Waals surface area contributed by atoms with Gasteiger partial charge in [-0.2, -0.15) is 4.98 Å². The van der Waals surface area contributed by atoms with E-state index in [1.54, 1.807) is 14.2 Å². The third kappa shape index (κ3) is 2.26. The minimum atomic E-state index is 0.177. The van der Waals surface area contributed by atoms with Crippen LogP contribution in [0, 0.1) is 4.77 Å². The number of aromatic amines is 1. The molecule has 0 fully saturated rings. The van der Waals surface area contributed by atoms with E-state index in [9.17, 15) is 0 Å². The zero-order valence-corrected chi connectivity index (χ0v) is 11.6. The largest absolute Gasteiger partial charge is 0.481 e. The molecule has 6 heteroatoms. The van der Waals surface area contributed by atoms with Crippen molar-refractivity contribution in [2.75, 3.05) is 20.8 Å². The molecule has 0 saturated heterocycles. The number of aromatic nitrogens is 3. The van der Waals surface area contributed by atoms with E-state index < -0.39 is 0 Å². The highest BCUT2D eigenvalue weighted by atomic mass is 32.1. The molecule has 1 atom stereocenters. The lowest BCUT2D eigenvalue weighted by Gasteiger charge is -2.16. The Balaban J connectivity index is 2.60. The molecule has 2 aromatic heterocycles. The predicted octanol–water partition coefficient (Wildman–Crippen LogP) is 2.70. The molecular formula is C12H17N3O2S. The molecule has 0 aliphatic heterocycles. The second-order valence-electron chi connectivity index (χ2n) is 4.04. The number of rotatable bonds is 5. The molecule has 2 rings (SSSR count). The van der Waals surface area contributed by atoms with Crippen molar-refractivity contribution >= 4 is 23.4 Å². The van der Waals surface area contributed by atoms with E-state index in [1.165, 1.54) is 0 Å². The third-order valence-electron chi connectivity index (χ3n) is 2.94. The molecule has 2 aromatic rings. The fraction of sp³-hybridized carbons (Fsp3) is 0.500. The summed E-state index contributed by atoms with van der Waals surface area (Å²) in [7, 11) is 3.29. The minimum Gasteiger partial charge on any atom is -0.481 e. The van der Waals surface area contributed by atoms with Gasteiger partial charge in [-0.05, 0) is 24.7 Å². The molecule has 0 amide bonds. The molecule has 18 heavy (non-hydrogen) atoms. The summed E-state index contributed by atoms with van der Waals surface area (Å²) >= 11 is 5.36. The SMILES string of the molecule is CCC(COC)n1c(=S)[nH]c2ccc(OC)nc21. The number of ether oxygens (including phenoxy) is 2. The highest BCUT2D eigenvalue weighted by Crippen LogP contribution is 2.22. The van der Waals surface area contributed by atoms with Gasteiger partial charge in [0.15, 0.2) is 10.4 Å². The molecule has 98 valence electrons. The van der Waals surface area contributed by atoms with E-state index >= 15 is 0 Å². The van der Waals surface area contributed by atoms with Crippen LogP contribution >= 0.6 is 12.2 Å². The maximum atomic E-state index is 5.36. The van der Waals surface area contributed by atoms with E-state index in [-0.39, 0.29) is 6.04 Å². The van der Waals surface area contributed by atoms with E-state index in [0.29, 0.717) is 17.3 Å². The van der Waals surface area contributed by atoms with Crippen molar-refractivity contribution in [3.05, 3.63) is 16.9 Å². The van der Waals surface area contributed by atoms with Crippen LogP contribution < -0.4 is 4.74 Å². The first-order chi connectivity index (χ1) is 8.71. The first-order valence-electron chi connectivity index (χ1n) is 5.85. The Morgan fingerprint density at radius 1 is 1.44 bits per heavy atom. The fourth-order valence-electron chi connectivity index (χ4n) is 2.00. The topological polar surface area (TPSA) is 52.1 Å². The van der Waals surface area contributed by atoms with Crippen LogP contribution in [-0.4, -0.2) is 35.4 Å². The van der Waals surface area contributed by atoms with Crippen LogP contribution in [0.4, 0.5) is 0 Å². The van der Waals surface area contributed by atoms with Gasteiger partial charge in [-0.15, -0.1) is 0 Å². The quantitative estimate of drug-likeness (QED) is 0.846. The van der Waals surface area contributed by atoms with Gasteiger partial charge < -0.3 is 14.5 Å². The van der Waals surface area contributed by atoms with Gasteiger partial charge in [0.1, 0.15) is 0 Å². The summed E-state index contributed by atoms with van der Waals surface area (Å²) in [5, 5.41) is 0. The zero-order chi connectivity index (χ0) is 13.1. The number of methoxy groups -OCH3 is 2. The monoisotopic (exact) mass is 267 g/mol. The van der Waals surface area contributed by atoms with Gasteiger partial charge in [0.05, 0.1) is 25.3 Å². The zero-order valence-electron chi connectivity index (χ0n) is 10.8. The van der Waals surface area contributed by atoms with Gasteiger partial charge in [0, 0.05) is 13.2 Å². The average Bonchev–Trinajstić information content (AvgIpc) is 2.71. The Bertz CT molecular complexity index is 591. The van der Waals surface area contributed by atoms with Crippen LogP contribution in [0.5, 0.6) is 5.88 Å². The summed E-state index contributed by atoms with van der Waals surface area (Å²) in [6.07, 6.45) is 0.925. The van der Waals surface area contributed by atoms with Crippen molar-refractivity contribution < 1.29 is 9.47 Å². The first-order valence-corrected chi connectivity index (χ1v) is 6.26. The van der Waals surface area contributed by atoms with Crippen LogP contribution in [0.25, 0.3) is 11.2 Å². The summed E-state index contributed by atoms with van der Waals surface area (Å²) in [4.78, 5) is 7.61. The molecular weight excluding hydrogens is 250 g/mol. The van der Waals surface area contributed by atoms with Crippen LogP contribution in [0.3, 0.4) is 0 Å². The number of hydrogen-bond donors (Lipinski definition) is 1. The van der Waals surface area contributed by atoms with E-state index in [0.717, 1.165) is 17.6 Å². The number of pyridine rings is 1. The molecule has 1 N–H and O–H groups in total. The number of fused-ring (bicyclic) bond motifs is 1. The van der Waals surface area contributed by atoms with E-state index in [2.05, 4.69) is 16.9 Å². The summed E-state index contributed by atoms with van der Waals surface area (Å²) in [6, 6.07) is 3.92. The Kier molecular flexibility index (Phi) is 3.98. The van der Waals surface area contributed by atoms with Crippen molar-refractivity contribution in [3.8, 4) is 5.88 Å². The number of nitrogens with zero attached hydrogens (tertiary/aromatic N) is 2. The van der Waals surface area contributed by atoms with Gasteiger partial charge in [-0.1, -0.05) is 6.92 Å². The fourth-order valence-corrected chi connectivity index (χ4v) is 2.35. The second-order valence-corrected chi connectivity index (χ2v) is 4.43. The highest BCUT2D eigenvalue weighted by Gasteiger charge is 2.15. The number of H-pyrrole nitrogens is 1.